The average Bonchev–Trinajstić information content (AvgIpc) is 3.35. The first-order chi connectivity index (χ1) is 15.9. The second-order valence-electron chi connectivity index (χ2n) is 8.17. The molecule has 2 aromatic rings. The van der Waals surface area contributed by atoms with Crippen molar-refractivity contribution in [2.75, 3.05) is 11.9 Å². The topological polar surface area (TPSA) is 106 Å². The first-order valence-corrected chi connectivity index (χ1v) is 11.7. The molecule has 1 aromatic heterocycles. The zero-order valence-corrected chi connectivity index (χ0v) is 19.1. The number of hydrogen-bond donors (Lipinski definition) is 1. The molecule has 0 radical (unpaired) electrons. The number of nitrogens with one attached hydrogen (secondary N) is 1. The van der Waals surface area contributed by atoms with E-state index in [2.05, 4.69) is 10.3 Å². The van der Waals surface area contributed by atoms with Crippen LogP contribution in [0.2, 0.25) is 0 Å². The van der Waals surface area contributed by atoms with Crippen molar-refractivity contribution in [3.05, 3.63) is 58.1 Å². The monoisotopic (exact) mass is 467 g/mol. The number of benzene rings is 1. The minimum Gasteiger partial charge on any atom is -0.459 e. The summed E-state index contributed by atoms with van der Waals surface area (Å²) in [5.41, 5.74) is 2.29. The van der Waals surface area contributed by atoms with Crippen LogP contribution in [-0.2, 0) is 36.9 Å². The van der Waals surface area contributed by atoms with Crippen LogP contribution in [0.15, 0.2) is 41.8 Å². The zero-order chi connectivity index (χ0) is 23.4. The summed E-state index contributed by atoms with van der Waals surface area (Å²) in [7, 11) is 0. The molecule has 0 saturated carbocycles. The number of carbonyl (C=O) groups is 4. The van der Waals surface area contributed by atoms with E-state index in [1.165, 1.54) is 16.2 Å². The molecule has 172 valence electrons. The van der Waals surface area contributed by atoms with Crippen LogP contribution in [0.3, 0.4) is 0 Å². The fourth-order valence-corrected chi connectivity index (χ4v) is 4.84. The van der Waals surface area contributed by atoms with Gasteiger partial charge in [0.15, 0.2) is 0 Å². The molecular weight excluding hydrogens is 442 g/mol. The molecular formula is C24H25N3O5S. The third-order valence-electron chi connectivity index (χ3n) is 5.85. The van der Waals surface area contributed by atoms with Gasteiger partial charge in [0, 0.05) is 17.6 Å². The van der Waals surface area contributed by atoms with Crippen molar-refractivity contribution in [2.45, 2.75) is 39.2 Å². The molecule has 1 N–H and O–H groups in total. The SMILES string of the molecule is Cc1ccccc1NC(=O)Cc1nc(COC(=O)CCN2C(=O)[C@H]3CC=CC[C@H]3C2=O)cs1. The number of amides is 3. The van der Waals surface area contributed by atoms with Gasteiger partial charge in [-0.25, -0.2) is 4.98 Å². The second-order valence-corrected chi connectivity index (χ2v) is 9.11. The second kappa shape index (κ2) is 10.1. The van der Waals surface area contributed by atoms with E-state index in [4.69, 9.17) is 4.74 Å². The Morgan fingerprint density at radius 2 is 1.85 bits per heavy atom. The predicted octanol–water partition coefficient (Wildman–Crippen LogP) is 3.02. The van der Waals surface area contributed by atoms with Crippen molar-refractivity contribution >= 4 is 40.7 Å². The predicted molar refractivity (Wildman–Crippen MR) is 122 cm³/mol. The molecule has 8 nitrogen and oxygen atoms in total. The van der Waals surface area contributed by atoms with Gasteiger partial charge in [-0.1, -0.05) is 30.4 Å². The van der Waals surface area contributed by atoms with Gasteiger partial charge in [-0.15, -0.1) is 11.3 Å². The molecule has 4 rings (SSSR count). The number of rotatable bonds is 8. The van der Waals surface area contributed by atoms with E-state index in [-0.39, 0.29) is 55.6 Å². The van der Waals surface area contributed by atoms with Gasteiger partial charge < -0.3 is 10.1 Å². The van der Waals surface area contributed by atoms with Crippen molar-refractivity contribution in [1.82, 2.24) is 9.88 Å². The van der Waals surface area contributed by atoms with Crippen molar-refractivity contribution < 1.29 is 23.9 Å². The van der Waals surface area contributed by atoms with Crippen LogP contribution in [0.1, 0.15) is 35.5 Å². The number of imide groups is 1. The fraction of sp³-hybridized carbons (Fsp3) is 0.375. The van der Waals surface area contributed by atoms with Crippen molar-refractivity contribution in [3.8, 4) is 0 Å². The van der Waals surface area contributed by atoms with E-state index in [1.807, 2.05) is 43.3 Å². The van der Waals surface area contributed by atoms with Crippen molar-refractivity contribution in [2.24, 2.45) is 11.8 Å². The number of para-hydroxylation sites is 1. The fourth-order valence-electron chi connectivity index (χ4n) is 4.06. The van der Waals surface area contributed by atoms with Gasteiger partial charge >= 0.3 is 5.97 Å². The minimum atomic E-state index is -0.504. The molecule has 1 aliphatic carbocycles. The molecule has 1 aliphatic heterocycles. The Balaban J connectivity index is 1.21. The smallest absolute Gasteiger partial charge is 0.307 e. The number of likely N-dealkylation sites (tertiary alicyclic amines) is 1. The van der Waals surface area contributed by atoms with E-state index in [1.54, 1.807) is 5.38 Å². The van der Waals surface area contributed by atoms with Gasteiger partial charge in [0.05, 0.1) is 30.4 Å². The largest absolute Gasteiger partial charge is 0.459 e. The highest BCUT2D eigenvalue weighted by Crippen LogP contribution is 2.35. The van der Waals surface area contributed by atoms with Crippen LogP contribution in [0, 0.1) is 18.8 Å². The Morgan fingerprint density at radius 3 is 2.55 bits per heavy atom. The van der Waals surface area contributed by atoms with Gasteiger partial charge in [0.1, 0.15) is 11.6 Å². The summed E-state index contributed by atoms with van der Waals surface area (Å²) in [5.74, 6) is -1.66. The number of aromatic nitrogens is 1. The Kier molecular flexibility index (Phi) is 6.98. The summed E-state index contributed by atoms with van der Waals surface area (Å²) in [6.07, 6.45) is 5.08. The lowest BCUT2D eigenvalue weighted by Gasteiger charge is -2.14. The average molecular weight is 468 g/mol. The lowest BCUT2D eigenvalue weighted by atomic mass is 9.85. The summed E-state index contributed by atoms with van der Waals surface area (Å²) in [5, 5.41) is 5.23. The van der Waals surface area contributed by atoms with Crippen molar-refractivity contribution in [3.63, 3.8) is 0 Å². The number of hydrogen-bond acceptors (Lipinski definition) is 7. The molecule has 9 heteroatoms. The number of allylic oxidation sites excluding steroid dienone is 2. The third-order valence-corrected chi connectivity index (χ3v) is 6.75. The van der Waals surface area contributed by atoms with Crippen LogP contribution in [0.4, 0.5) is 5.69 Å². The highest BCUT2D eigenvalue weighted by molar-refractivity contribution is 7.09. The van der Waals surface area contributed by atoms with E-state index in [0.717, 1.165) is 11.3 Å². The van der Waals surface area contributed by atoms with Crippen LogP contribution in [-0.4, -0.2) is 40.1 Å². The molecule has 1 aromatic carbocycles. The molecule has 1 saturated heterocycles. The number of carbonyl (C=O) groups excluding carboxylic acids is 4. The molecule has 2 heterocycles. The maximum atomic E-state index is 12.4. The van der Waals surface area contributed by atoms with Crippen molar-refractivity contribution in [1.29, 1.82) is 0 Å². The Hall–Kier alpha value is -3.33. The molecule has 1 fully saturated rings. The standard InChI is InChI=1S/C24H25N3O5S/c1-15-6-2-5-9-19(15)26-20(28)12-21-25-16(14-33-21)13-32-22(29)10-11-27-23(30)17-7-3-4-8-18(17)24(27)31/h2-6,9,14,17-18H,7-8,10-13H2,1H3,(H,26,28)/t17-,18+. The first-order valence-electron chi connectivity index (χ1n) is 10.9. The summed E-state index contributed by atoms with van der Waals surface area (Å²) >= 11 is 1.32. The third kappa shape index (κ3) is 5.36. The Morgan fingerprint density at radius 1 is 1.15 bits per heavy atom. The van der Waals surface area contributed by atoms with Crippen LogP contribution < -0.4 is 5.32 Å². The van der Waals surface area contributed by atoms with E-state index < -0.39 is 5.97 Å². The number of esters is 1. The summed E-state index contributed by atoms with van der Waals surface area (Å²) in [6, 6.07) is 7.53. The van der Waals surface area contributed by atoms with Gasteiger partial charge in [0.2, 0.25) is 17.7 Å². The van der Waals surface area contributed by atoms with E-state index >= 15 is 0 Å². The van der Waals surface area contributed by atoms with Gasteiger partial charge in [0.25, 0.3) is 0 Å². The molecule has 0 spiro atoms. The number of anilines is 1. The van der Waals surface area contributed by atoms with Gasteiger partial charge in [-0.3, -0.25) is 24.1 Å². The molecule has 3 amide bonds. The van der Waals surface area contributed by atoms with Crippen LogP contribution in [0.5, 0.6) is 0 Å². The van der Waals surface area contributed by atoms with Gasteiger partial charge in [-0.05, 0) is 31.4 Å². The molecule has 2 aliphatic rings. The maximum Gasteiger partial charge on any atom is 0.307 e. The zero-order valence-electron chi connectivity index (χ0n) is 18.3. The maximum absolute atomic E-state index is 12.4. The number of fused-ring (bicyclic) bond motifs is 1. The lowest BCUT2D eigenvalue weighted by Crippen LogP contribution is -2.33. The Labute approximate surface area is 195 Å². The van der Waals surface area contributed by atoms with Gasteiger partial charge in [-0.2, -0.15) is 0 Å². The lowest BCUT2D eigenvalue weighted by molar-refractivity contribution is -0.147. The molecule has 0 bridgehead atoms. The summed E-state index contributed by atoms with van der Waals surface area (Å²) in [4.78, 5) is 54.9. The first kappa shape index (κ1) is 22.8. The molecule has 0 unspecified atom stereocenters. The van der Waals surface area contributed by atoms with E-state index in [0.29, 0.717) is 23.5 Å². The molecule has 33 heavy (non-hydrogen) atoms. The summed E-state index contributed by atoms with van der Waals surface area (Å²) < 4.78 is 5.25. The highest BCUT2D eigenvalue weighted by atomic mass is 32.1. The van der Waals surface area contributed by atoms with E-state index in [9.17, 15) is 19.2 Å². The quantitative estimate of drug-likeness (QED) is 0.363. The molecule has 2 atom stereocenters. The van der Waals surface area contributed by atoms with Crippen LogP contribution >= 0.6 is 11.3 Å². The highest BCUT2D eigenvalue weighted by Gasteiger charge is 2.46. The number of aryl methyl sites for hydroxylation is 1. The number of ether oxygens (including phenoxy) is 1. The Bertz CT molecular complexity index is 1080. The summed E-state index contributed by atoms with van der Waals surface area (Å²) in [6.45, 7) is 1.93. The minimum absolute atomic E-state index is 0.0220. The normalized spacial score (nSPS) is 19.5. The number of thiazole rings is 1. The number of nitrogens with zero attached hydrogens (tertiary/aromatic N) is 2. The van der Waals surface area contributed by atoms with Crippen LogP contribution in [0.25, 0.3) is 0 Å².